The summed E-state index contributed by atoms with van der Waals surface area (Å²) in [6.07, 6.45) is 0. The van der Waals surface area contributed by atoms with Gasteiger partial charge in [0, 0.05) is 19.8 Å². The summed E-state index contributed by atoms with van der Waals surface area (Å²) in [7, 11) is 3.29. The van der Waals surface area contributed by atoms with Crippen LogP contribution in [0.2, 0.25) is 5.15 Å². The molecule has 0 saturated carbocycles. The average molecular weight is 279 g/mol. The van der Waals surface area contributed by atoms with E-state index >= 15 is 0 Å². The van der Waals surface area contributed by atoms with E-state index in [1.807, 2.05) is 24.3 Å². The summed E-state index contributed by atoms with van der Waals surface area (Å²) >= 11 is 5.99. The van der Waals surface area contributed by atoms with Crippen molar-refractivity contribution in [1.29, 1.82) is 0 Å². The highest BCUT2D eigenvalue weighted by molar-refractivity contribution is 6.29. The number of halogens is 1. The molecule has 0 saturated heterocycles. The van der Waals surface area contributed by atoms with E-state index in [1.54, 1.807) is 20.3 Å². The predicted molar refractivity (Wildman–Crippen MR) is 73.9 cm³/mol. The Labute approximate surface area is 117 Å². The maximum Gasteiger partial charge on any atom is 0.161 e. The second-order valence-electron chi connectivity index (χ2n) is 4.07. The van der Waals surface area contributed by atoms with Crippen LogP contribution in [0.4, 0.5) is 0 Å². The van der Waals surface area contributed by atoms with Crippen molar-refractivity contribution >= 4 is 11.6 Å². The number of hydrogen-bond donors (Lipinski definition) is 0. The van der Waals surface area contributed by atoms with Gasteiger partial charge in [-0.2, -0.15) is 0 Å². The van der Waals surface area contributed by atoms with Crippen LogP contribution in [0.1, 0.15) is 11.3 Å². The standard InChI is InChI=1S/C14H15ClN2O2/c1-18-8-10-3-5-11(6-4-10)14-16-12(9-19-2)7-13(15)17-14/h3-7H,8-9H2,1-2H3. The summed E-state index contributed by atoms with van der Waals surface area (Å²) in [5, 5.41) is 0.415. The molecule has 0 atom stereocenters. The lowest BCUT2D eigenvalue weighted by atomic mass is 10.1. The summed E-state index contributed by atoms with van der Waals surface area (Å²) in [5.74, 6) is 0.600. The molecule has 0 amide bonds. The van der Waals surface area contributed by atoms with Crippen LogP contribution in [0.25, 0.3) is 11.4 Å². The largest absolute Gasteiger partial charge is 0.380 e. The second kappa shape index (κ2) is 6.61. The molecule has 0 aliphatic carbocycles. The monoisotopic (exact) mass is 278 g/mol. The van der Waals surface area contributed by atoms with Crippen molar-refractivity contribution in [2.45, 2.75) is 13.2 Å². The Balaban J connectivity index is 2.29. The highest BCUT2D eigenvalue weighted by Crippen LogP contribution is 2.19. The van der Waals surface area contributed by atoms with Crippen LogP contribution in [0.5, 0.6) is 0 Å². The number of benzene rings is 1. The molecule has 1 aromatic heterocycles. The van der Waals surface area contributed by atoms with Gasteiger partial charge in [0.05, 0.1) is 18.9 Å². The summed E-state index contributed by atoms with van der Waals surface area (Å²) in [5.41, 5.74) is 2.78. The third-order valence-electron chi connectivity index (χ3n) is 2.56. The number of rotatable bonds is 5. The van der Waals surface area contributed by atoms with Crippen molar-refractivity contribution in [1.82, 2.24) is 9.97 Å². The summed E-state index contributed by atoms with van der Waals surface area (Å²) in [4.78, 5) is 8.65. The predicted octanol–water partition coefficient (Wildman–Crippen LogP) is 3.09. The number of methoxy groups -OCH3 is 2. The van der Waals surface area contributed by atoms with Gasteiger partial charge >= 0.3 is 0 Å². The molecule has 0 unspecified atom stereocenters. The molecule has 2 aromatic rings. The number of nitrogens with zero attached hydrogens (tertiary/aromatic N) is 2. The van der Waals surface area contributed by atoms with Crippen LogP contribution in [-0.4, -0.2) is 24.2 Å². The van der Waals surface area contributed by atoms with Gasteiger partial charge in [0.2, 0.25) is 0 Å². The smallest absolute Gasteiger partial charge is 0.161 e. The molecular weight excluding hydrogens is 264 g/mol. The van der Waals surface area contributed by atoms with Gasteiger partial charge in [-0.25, -0.2) is 9.97 Å². The molecule has 2 rings (SSSR count). The molecule has 0 fully saturated rings. The van der Waals surface area contributed by atoms with Crippen molar-refractivity contribution < 1.29 is 9.47 Å². The first-order valence-electron chi connectivity index (χ1n) is 5.83. The molecule has 0 spiro atoms. The molecule has 0 bridgehead atoms. The van der Waals surface area contributed by atoms with Crippen molar-refractivity contribution in [3.05, 3.63) is 46.7 Å². The van der Waals surface area contributed by atoms with Crippen molar-refractivity contribution in [2.75, 3.05) is 14.2 Å². The molecule has 19 heavy (non-hydrogen) atoms. The quantitative estimate of drug-likeness (QED) is 0.789. The lowest BCUT2D eigenvalue weighted by Gasteiger charge is -2.06. The maximum absolute atomic E-state index is 5.99. The highest BCUT2D eigenvalue weighted by atomic mass is 35.5. The van der Waals surface area contributed by atoms with E-state index in [9.17, 15) is 0 Å². The number of hydrogen-bond acceptors (Lipinski definition) is 4. The van der Waals surface area contributed by atoms with Gasteiger partial charge < -0.3 is 9.47 Å². The molecule has 100 valence electrons. The topological polar surface area (TPSA) is 44.2 Å². The van der Waals surface area contributed by atoms with Gasteiger partial charge in [0.1, 0.15) is 5.15 Å². The van der Waals surface area contributed by atoms with Crippen molar-refractivity contribution in [2.24, 2.45) is 0 Å². The van der Waals surface area contributed by atoms with Crippen LogP contribution >= 0.6 is 11.6 Å². The maximum atomic E-state index is 5.99. The Morgan fingerprint density at radius 3 is 2.32 bits per heavy atom. The SMILES string of the molecule is COCc1ccc(-c2nc(Cl)cc(COC)n2)cc1. The van der Waals surface area contributed by atoms with Gasteiger partial charge in [-0.05, 0) is 11.6 Å². The normalized spacial score (nSPS) is 10.7. The molecule has 0 radical (unpaired) electrons. The molecule has 5 heteroatoms. The lowest BCUT2D eigenvalue weighted by Crippen LogP contribution is -1.98. The van der Waals surface area contributed by atoms with E-state index in [4.69, 9.17) is 21.1 Å². The third-order valence-corrected chi connectivity index (χ3v) is 2.76. The molecule has 4 nitrogen and oxygen atoms in total. The zero-order valence-corrected chi connectivity index (χ0v) is 11.6. The zero-order chi connectivity index (χ0) is 13.7. The van der Waals surface area contributed by atoms with Crippen molar-refractivity contribution in [3.8, 4) is 11.4 Å². The van der Waals surface area contributed by atoms with Crippen LogP contribution in [-0.2, 0) is 22.7 Å². The molecule has 0 aliphatic heterocycles. The van der Waals surface area contributed by atoms with E-state index in [1.165, 1.54) is 0 Å². The summed E-state index contributed by atoms with van der Waals surface area (Å²) in [6.45, 7) is 1.00. The highest BCUT2D eigenvalue weighted by Gasteiger charge is 2.06. The number of ether oxygens (including phenoxy) is 2. The van der Waals surface area contributed by atoms with E-state index < -0.39 is 0 Å². The first kappa shape index (κ1) is 13.9. The first-order chi connectivity index (χ1) is 9.22. The minimum Gasteiger partial charge on any atom is -0.380 e. The Hall–Kier alpha value is -1.49. The fraction of sp³-hybridized carbons (Fsp3) is 0.286. The Bertz CT molecular complexity index is 544. The van der Waals surface area contributed by atoms with E-state index in [0.29, 0.717) is 24.2 Å². The van der Waals surface area contributed by atoms with E-state index in [-0.39, 0.29) is 0 Å². The van der Waals surface area contributed by atoms with Gasteiger partial charge in [-0.15, -0.1) is 0 Å². The fourth-order valence-corrected chi connectivity index (χ4v) is 1.94. The fourth-order valence-electron chi connectivity index (χ4n) is 1.73. The molecular formula is C14H15ClN2O2. The van der Waals surface area contributed by atoms with E-state index in [0.717, 1.165) is 16.8 Å². The third kappa shape index (κ3) is 3.73. The second-order valence-corrected chi connectivity index (χ2v) is 4.46. The molecule has 0 N–H and O–H groups in total. The molecule has 1 heterocycles. The van der Waals surface area contributed by atoms with Gasteiger partial charge in [-0.1, -0.05) is 35.9 Å². The lowest BCUT2D eigenvalue weighted by molar-refractivity contribution is 0.181. The van der Waals surface area contributed by atoms with Gasteiger partial charge in [-0.3, -0.25) is 0 Å². The molecule has 1 aromatic carbocycles. The minimum atomic E-state index is 0.414. The average Bonchev–Trinajstić information content (AvgIpc) is 2.40. The number of aromatic nitrogens is 2. The van der Waals surface area contributed by atoms with Crippen LogP contribution in [0.3, 0.4) is 0 Å². The Kier molecular flexibility index (Phi) is 4.85. The van der Waals surface area contributed by atoms with Crippen LogP contribution in [0.15, 0.2) is 30.3 Å². The summed E-state index contributed by atoms with van der Waals surface area (Å²) < 4.78 is 10.1. The Morgan fingerprint density at radius 2 is 1.68 bits per heavy atom. The van der Waals surface area contributed by atoms with Crippen LogP contribution < -0.4 is 0 Å². The Morgan fingerprint density at radius 1 is 1.00 bits per heavy atom. The van der Waals surface area contributed by atoms with E-state index in [2.05, 4.69) is 9.97 Å². The van der Waals surface area contributed by atoms with Gasteiger partial charge in [0.15, 0.2) is 5.82 Å². The van der Waals surface area contributed by atoms with Crippen molar-refractivity contribution in [3.63, 3.8) is 0 Å². The van der Waals surface area contributed by atoms with Crippen LogP contribution in [0, 0.1) is 0 Å². The minimum absolute atomic E-state index is 0.414. The first-order valence-corrected chi connectivity index (χ1v) is 6.21. The zero-order valence-electron chi connectivity index (χ0n) is 10.9. The van der Waals surface area contributed by atoms with Gasteiger partial charge in [0.25, 0.3) is 0 Å². The molecule has 0 aliphatic rings. The summed E-state index contributed by atoms with van der Waals surface area (Å²) in [6, 6.07) is 9.58.